The zero-order valence-electron chi connectivity index (χ0n) is 9.18. The van der Waals surface area contributed by atoms with Crippen LogP contribution in [0.1, 0.15) is 18.9 Å². The number of hydrogen-bond donors (Lipinski definition) is 1. The van der Waals surface area contributed by atoms with Crippen LogP contribution in [0.15, 0.2) is 30.3 Å². The first-order chi connectivity index (χ1) is 7.21. The number of aliphatic hydroxyl groups is 1. The molecule has 1 amide bonds. The SMILES string of the molecule is CCC(CO)(c1ccccc1)N(C)C=O. The number of hydrogen-bond acceptors (Lipinski definition) is 2. The van der Waals surface area contributed by atoms with Gasteiger partial charge in [-0.25, -0.2) is 0 Å². The van der Waals surface area contributed by atoms with E-state index in [2.05, 4.69) is 0 Å². The van der Waals surface area contributed by atoms with E-state index >= 15 is 0 Å². The van der Waals surface area contributed by atoms with Crippen LogP contribution in [0.3, 0.4) is 0 Å². The molecule has 0 saturated heterocycles. The topological polar surface area (TPSA) is 40.5 Å². The maximum atomic E-state index is 10.9. The van der Waals surface area contributed by atoms with Crippen molar-refractivity contribution in [2.24, 2.45) is 0 Å². The summed E-state index contributed by atoms with van der Waals surface area (Å²) in [4.78, 5) is 12.4. The molecule has 1 aromatic rings. The van der Waals surface area contributed by atoms with Crippen LogP contribution >= 0.6 is 0 Å². The van der Waals surface area contributed by atoms with Crippen molar-refractivity contribution in [1.29, 1.82) is 0 Å². The molecule has 0 heterocycles. The Labute approximate surface area is 90.3 Å². The van der Waals surface area contributed by atoms with Crippen LogP contribution in [-0.4, -0.2) is 30.1 Å². The van der Waals surface area contributed by atoms with Gasteiger partial charge in [0.15, 0.2) is 0 Å². The smallest absolute Gasteiger partial charge is 0.210 e. The number of carbonyl (C=O) groups excluding carboxylic acids is 1. The van der Waals surface area contributed by atoms with Crippen molar-refractivity contribution in [3.63, 3.8) is 0 Å². The van der Waals surface area contributed by atoms with E-state index in [9.17, 15) is 9.90 Å². The molecule has 3 heteroatoms. The van der Waals surface area contributed by atoms with Crippen LogP contribution in [0.2, 0.25) is 0 Å². The maximum Gasteiger partial charge on any atom is 0.210 e. The summed E-state index contributed by atoms with van der Waals surface area (Å²) in [5.41, 5.74) is 0.368. The van der Waals surface area contributed by atoms with Gasteiger partial charge in [0.25, 0.3) is 0 Å². The molecule has 3 nitrogen and oxygen atoms in total. The van der Waals surface area contributed by atoms with Gasteiger partial charge in [0, 0.05) is 7.05 Å². The van der Waals surface area contributed by atoms with Gasteiger partial charge in [0.2, 0.25) is 6.41 Å². The van der Waals surface area contributed by atoms with E-state index in [0.29, 0.717) is 6.42 Å². The quantitative estimate of drug-likeness (QED) is 0.741. The van der Waals surface area contributed by atoms with Gasteiger partial charge in [0.05, 0.1) is 12.1 Å². The number of aliphatic hydroxyl groups excluding tert-OH is 1. The normalized spacial score (nSPS) is 14.3. The fraction of sp³-hybridized carbons (Fsp3) is 0.417. The lowest BCUT2D eigenvalue weighted by Crippen LogP contribution is -2.45. The maximum absolute atomic E-state index is 10.9. The molecular weight excluding hydrogens is 190 g/mol. The Morgan fingerprint density at radius 1 is 1.40 bits per heavy atom. The highest BCUT2D eigenvalue weighted by Gasteiger charge is 2.33. The first-order valence-electron chi connectivity index (χ1n) is 5.06. The van der Waals surface area contributed by atoms with Crippen molar-refractivity contribution in [2.75, 3.05) is 13.7 Å². The van der Waals surface area contributed by atoms with Crippen molar-refractivity contribution < 1.29 is 9.90 Å². The lowest BCUT2D eigenvalue weighted by molar-refractivity contribution is -0.124. The van der Waals surface area contributed by atoms with Crippen molar-refractivity contribution in [3.8, 4) is 0 Å². The summed E-state index contributed by atoms with van der Waals surface area (Å²) < 4.78 is 0. The average Bonchev–Trinajstić information content (AvgIpc) is 2.32. The number of benzene rings is 1. The summed E-state index contributed by atoms with van der Waals surface area (Å²) in [6.07, 6.45) is 1.44. The van der Waals surface area contributed by atoms with Crippen molar-refractivity contribution in [1.82, 2.24) is 4.90 Å². The van der Waals surface area contributed by atoms with E-state index in [0.717, 1.165) is 12.0 Å². The van der Waals surface area contributed by atoms with Crippen LogP contribution < -0.4 is 0 Å². The van der Waals surface area contributed by atoms with Crippen molar-refractivity contribution >= 4 is 6.41 Å². The molecule has 0 spiro atoms. The highest BCUT2D eigenvalue weighted by molar-refractivity contribution is 5.50. The van der Waals surface area contributed by atoms with E-state index in [4.69, 9.17) is 0 Å². The minimum absolute atomic E-state index is 0.0667. The molecule has 1 N–H and O–H groups in total. The van der Waals surface area contributed by atoms with Crippen LogP contribution in [-0.2, 0) is 10.3 Å². The lowest BCUT2D eigenvalue weighted by Gasteiger charge is -2.38. The number of amides is 1. The van der Waals surface area contributed by atoms with Gasteiger partial charge in [-0.3, -0.25) is 4.79 Å². The predicted molar refractivity (Wildman–Crippen MR) is 59.3 cm³/mol. The molecule has 0 aliphatic rings. The summed E-state index contributed by atoms with van der Waals surface area (Å²) in [7, 11) is 1.69. The van der Waals surface area contributed by atoms with Crippen LogP contribution in [0.5, 0.6) is 0 Å². The Kier molecular flexibility index (Phi) is 3.86. The van der Waals surface area contributed by atoms with Gasteiger partial charge >= 0.3 is 0 Å². The first-order valence-corrected chi connectivity index (χ1v) is 5.06. The monoisotopic (exact) mass is 207 g/mol. The zero-order chi connectivity index (χ0) is 11.3. The van der Waals surface area contributed by atoms with E-state index in [-0.39, 0.29) is 6.61 Å². The van der Waals surface area contributed by atoms with E-state index in [1.807, 2.05) is 37.3 Å². The Hall–Kier alpha value is -1.35. The molecular formula is C12H17NO2. The second kappa shape index (κ2) is 4.94. The molecule has 0 saturated carbocycles. The molecule has 0 aromatic heterocycles. The van der Waals surface area contributed by atoms with Gasteiger partial charge < -0.3 is 10.0 Å². The molecule has 0 aliphatic heterocycles. The second-order valence-corrected chi connectivity index (χ2v) is 3.63. The van der Waals surface area contributed by atoms with Gasteiger partial charge in [-0.2, -0.15) is 0 Å². The first kappa shape index (κ1) is 11.7. The molecule has 0 aliphatic carbocycles. The number of nitrogens with zero attached hydrogens (tertiary/aromatic N) is 1. The highest BCUT2D eigenvalue weighted by Crippen LogP contribution is 2.29. The molecule has 0 radical (unpaired) electrons. The molecule has 1 atom stereocenters. The fourth-order valence-electron chi connectivity index (χ4n) is 1.82. The number of carbonyl (C=O) groups is 1. The molecule has 0 bridgehead atoms. The third-order valence-corrected chi connectivity index (χ3v) is 2.99. The fourth-order valence-corrected chi connectivity index (χ4v) is 1.82. The zero-order valence-corrected chi connectivity index (χ0v) is 9.18. The summed E-state index contributed by atoms with van der Waals surface area (Å²) in [6, 6.07) is 9.60. The third kappa shape index (κ3) is 2.02. The van der Waals surface area contributed by atoms with E-state index in [1.54, 1.807) is 7.05 Å². The van der Waals surface area contributed by atoms with Crippen LogP contribution in [0, 0.1) is 0 Å². The van der Waals surface area contributed by atoms with Crippen molar-refractivity contribution in [3.05, 3.63) is 35.9 Å². The van der Waals surface area contributed by atoms with E-state index < -0.39 is 5.54 Å². The molecule has 0 fully saturated rings. The van der Waals surface area contributed by atoms with Gasteiger partial charge in [0.1, 0.15) is 0 Å². The Morgan fingerprint density at radius 3 is 2.40 bits per heavy atom. The molecule has 1 unspecified atom stereocenters. The molecule has 82 valence electrons. The molecule has 15 heavy (non-hydrogen) atoms. The number of rotatable bonds is 5. The summed E-state index contributed by atoms with van der Waals surface area (Å²) in [5.74, 6) is 0. The summed E-state index contributed by atoms with van der Waals surface area (Å²) in [5, 5.41) is 9.53. The third-order valence-electron chi connectivity index (χ3n) is 2.99. The molecule has 1 aromatic carbocycles. The average molecular weight is 207 g/mol. The van der Waals surface area contributed by atoms with Gasteiger partial charge in [-0.15, -0.1) is 0 Å². The summed E-state index contributed by atoms with van der Waals surface area (Å²) in [6.45, 7) is 1.89. The lowest BCUT2D eigenvalue weighted by atomic mass is 9.87. The molecule has 1 rings (SSSR count). The van der Waals surface area contributed by atoms with E-state index in [1.165, 1.54) is 4.90 Å². The predicted octanol–water partition coefficient (Wildman–Crippen LogP) is 1.37. The Bertz CT molecular complexity index is 307. The Morgan fingerprint density at radius 2 is 2.00 bits per heavy atom. The highest BCUT2D eigenvalue weighted by atomic mass is 16.3. The minimum Gasteiger partial charge on any atom is -0.394 e. The van der Waals surface area contributed by atoms with Crippen molar-refractivity contribution in [2.45, 2.75) is 18.9 Å². The van der Waals surface area contributed by atoms with Gasteiger partial charge in [-0.05, 0) is 12.0 Å². The Balaban J connectivity index is 3.16. The largest absolute Gasteiger partial charge is 0.394 e. The van der Waals surface area contributed by atoms with Crippen LogP contribution in [0.4, 0.5) is 0 Å². The standard InChI is InChI=1S/C12H17NO2/c1-3-12(9-14,13(2)10-15)11-7-5-4-6-8-11/h4-8,10,14H,3,9H2,1-2H3. The number of likely N-dealkylation sites (N-methyl/N-ethyl adjacent to an activating group) is 1. The minimum atomic E-state index is -0.594. The summed E-state index contributed by atoms with van der Waals surface area (Å²) >= 11 is 0. The second-order valence-electron chi connectivity index (χ2n) is 3.63. The van der Waals surface area contributed by atoms with Gasteiger partial charge in [-0.1, -0.05) is 37.3 Å². The van der Waals surface area contributed by atoms with Crippen LogP contribution in [0.25, 0.3) is 0 Å².